The number of rotatable bonds is 2. The molecule has 1 saturated carbocycles. The first-order valence-electron chi connectivity index (χ1n) is 4.57. The van der Waals surface area contributed by atoms with Gasteiger partial charge in [0.2, 0.25) is 0 Å². The molecule has 0 radical (unpaired) electrons. The Balaban J connectivity index is 2.39. The Kier molecular flexibility index (Phi) is 1.83. The molecule has 0 saturated heterocycles. The van der Waals surface area contributed by atoms with Gasteiger partial charge in [-0.2, -0.15) is 5.10 Å². The van der Waals surface area contributed by atoms with Crippen LogP contribution in [0.4, 0.5) is 0 Å². The summed E-state index contributed by atoms with van der Waals surface area (Å²) in [5.74, 6) is 1.22. The molecule has 0 atom stereocenters. The molecule has 0 aliphatic heterocycles. The maximum absolute atomic E-state index is 11.6. The van der Waals surface area contributed by atoms with Crippen LogP contribution in [0.15, 0.2) is 0 Å². The molecule has 0 amide bonds. The van der Waals surface area contributed by atoms with Crippen molar-refractivity contribution < 1.29 is 9.53 Å². The maximum Gasteiger partial charge on any atom is 0.319 e. The normalized spacial score (nSPS) is 17.9. The summed E-state index contributed by atoms with van der Waals surface area (Å²) < 4.78 is 6.44. The quantitative estimate of drug-likeness (QED) is 0.638. The molecular formula is C9H13N3O2. The molecule has 2 rings (SSSR count). The van der Waals surface area contributed by atoms with E-state index >= 15 is 0 Å². The van der Waals surface area contributed by atoms with E-state index in [1.807, 2.05) is 6.92 Å². The van der Waals surface area contributed by atoms with Gasteiger partial charge in [0.15, 0.2) is 0 Å². The van der Waals surface area contributed by atoms with Gasteiger partial charge in [-0.15, -0.1) is 0 Å². The van der Waals surface area contributed by atoms with Crippen molar-refractivity contribution >= 4 is 5.97 Å². The molecule has 1 aliphatic rings. The van der Waals surface area contributed by atoms with Crippen LogP contribution in [0.25, 0.3) is 0 Å². The molecule has 1 aromatic heterocycles. The van der Waals surface area contributed by atoms with Crippen molar-refractivity contribution in [3.05, 3.63) is 11.6 Å². The van der Waals surface area contributed by atoms with Gasteiger partial charge in [0.25, 0.3) is 0 Å². The van der Waals surface area contributed by atoms with Gasteiger partial charge in [-0.3, -0.25) is 9.48 Å². The molecule has 14 heavy (non-hydrogen) atoms. The minimum absolute atomic E-state index is 0.201. The van der Waals surface area contributed by atoms with Gasteiger partial charge in [0.05, 0.1) is 7.11 Å². The van der Waals surface area contributed by atoms with Crippen molar-refractivity contribution in [3.63, 3.8) is 0 Å². The van der Waals surface area contributed by atoms with E-state index in [0.29, 0.717) is 5.82 Å². The highest BCUT2D eigenvalue weighted by molar-refractivity contribution is 5.85. The lowest BCUT2D eigenvalue weighted by Gasteiger charge is -2.10. The lowest BCUT2D eigenvalue weighted by atomic mass is 10.1. The van der Waals surface area contributed by atoms with Crippen molar-refractivity contribution in [1.29, 1.82) is 0 Å². The van der Waals surface area contributed by atoms with Gasteiger partial charge in [0, 0.05) is 7.05 Å². The van der Waals surface area contributed by atoms with E-state index in [-0.39, 0.29) is 5.97 Å². The van der Waals surface area contributed by atoms with Crippen molar-refractivity contribution in [2.45, 2.75) is 25.2 Å². The van der Waals surface area contributed by atoms with Gasteiger partial charge in [-0.05, 0) is 19.8 Å². The minimum atomic E-state index is -0.509. The van der Waals surface area contributed by atoms with Crippen molar-refractivity contribution in [2.75, 3.05) is 7.11 Å². The van der Waals surface area contributed by atoms with Crippen LogP contribution in [-0.4, -0.2) is 27.8 Å². The third-order valence-corrected chi connectivity index (χ3v) is 2.62. The first kappa shape index (κ1) is 9.18. The van der Waals surface area contributed by atoms with E-state index < -0.39 is 5.41 Å². The number of carbonyl (C=O) groups excluding carboxylic acids is 1. The zero-order chi connectivity index (χ0) is 10.3. The highest BCUT2D eigenvalue weighted by Gasteiger charge is 2.56. The number of hydrogen-bond donors (Lipinski definition) is 0. The molecule has 5 nitrogen and oxygen atoms in total. The van der Waals surface area contributed by atoms with E-state index in [4.69, 9.17) is 4.74 Å². The lowest BCUT2D eigenvalue weighted by Crippen LogP contribution is -2.25. The second-order valence-corrected chi connectivity index (χ2v) is 3.68. The number of aryl methyl sites for hydroxylation is 2. The van der Waals surface area contributed by atoms with Gasteiger partial charge < -0.3 is 4.74 Å². The SMILES string of the molecule is COC(=O)C1(c2nc(C)nn2C)CC1. The molecule has 5 heteroatoms. The zero-order valence-corrected chi connectivity index (χ0v) is 8.57. The van der Waals surface area contributed by atoms with E-state index in [1.165, 1.54) is 7.11 Å². The Morgan fingerprint density at radius 3 is 2.57 bits per heavy atom. The summed E-state index contributed by atoms with van der Waals surface area (Å²) in [7, 11) is 3.21. The molecule has 0 bridgehead atoms. The smallest absolute Gasteiger partial charge is 0.319 e. The van der Waals surface area contributed by atoms with Crippen LogP contribution in [0.2, 0.25) is 0 Å². The van der Waals surface area contributed by atoms with Gasteiger partial charge in [-0.25, -0.2) is 4.98 Å². The fraction of sp³-hybridized carbons (Fsp3) is 0.667. The fourth-order valence-electron chi connectivity index (χ4n) is 1.77. The van der Waals surface area contributed by atoms with Crippen LogP contribution in [0, 0.1) is 6.92 Å². The van der Waals surface area contributed by atoms with Crippen molar-refractivity contribution in [1.82, 2.24) is 14.8 Å². The first-order valence-corrected chi connectivity index (χ1v) is 4.57. The molecule has 0 unspecified atom stereocenters. The molecule has 1 heterocycles. The Labute approximate surface area is 82.1 Å². The molecule has 0 N–H and O–H groups in total. The number of carbonyl (C=O) groups is 1. The average Bonchev–Trinajstić information content (AvgIpc) is 2.88. The van der Waals surface area contributed by atoms with Gasteiger partial charge >= 0.3 is 5.97 Å². The predicted molar refractivity (Wildman–Crippen MR) is 48.7 cm³/mol. The molecule has 1 aliphatic carbocycles. The Morgan fingerprint density at radius 2 is 2.21 bits per heavy atom. The minimum Gasteiger partial charge on any atom is -0.468 e. The summed E-state index contributed by atoms with van der Waals surface area (Å²) in [6.07, 6.45) is 1.62. The molecular weight excluding hydrogens is 182 g/mol. The second-order valence-electron chi connectivity index (χ2n) is 3.68. The fourth-order valence-corrected chi connectivity index (χ4v) is 1.77. The number of methoxy groups -OCH3 is 1. The maximum atomic E-state index is 11.6. The largest absolute Gasteiger partial charge is 0.468 e. The van der Waals surface area contributed by atoms with E-state index in [1.54, 1.807) is 11.7 Å². The zero-order valence-electron chi connectivity index (χ0n) is 8.57. The van der Waals surface area contributed by atoms with E-state index in [2.05, 4.69) is 10.1 Å². The first-order chi connectivity index (χ1) is 6.60. The third kappa shape index (κ3) is 1.12. The van der Waals surface area contributed by atoms with Crippen LogP contribution in [0.5, 0.6) is 0 Å². The van der Waals surface area contributed by atoms with Gasteiger partial charge in [0.1, 0.15) is 17.1 Å². The van der Waals surface area contributed by atoms with Crippen LogP contribution in [-0.2, 0) is 22.0 Å². The second kappa shape index (κ2) is 2.80. The van der Waals surface area contributed by atoms with Crippen LogP contribution in [0.3, 0.4) is 0 Å². The van der Waals surface area contributed by atoms with Crippen LogP contribution >= 0.6 is 0 Å². The number of hydrogen-bond acceptors (Lipinski definition) is 4. The Morgan fingerprint density at radius 1 is 1.57 bits per heavy atom. The summed E-state index contributed by atoms with van der Waals surface area (Å²) in [6.45, 7) is 1.82. The summed E-state index contributed by atoms with van der Waals surface area (Å²) in [4.78, 5) is 15.8. The van der Waals surface area contributed by atoms with E-state index in [9.17, 15) is 4.79 Å². The number of nitrogens with zero attached hydrogens (tertiary/aromatic N) is 3. The van der Waals surface area contributed by atoms with E-state index in [0.717, 1.165) is 18.7 Å². The summed E-state index contributed by atoms with van der Waals surface area (Å²) in [5, 5.41) is 4.13. The van der Waals surface area contributed by atoms with Crippen molar-refractivity contribution in [2.24, 2.45) is 7.05 Å². The molecule has 76 valence electrons. The molecule has 1 aromatic rings. The summed E-state index contributed by atoms with van der Waals surface area (Å²) in [5.41, 5.74) is -0.509. The summed E-state index contributed by atoms with van der Waals surface area (Å²) in [6, 6.07) is 0. The molecule has 1 fully saturated rings. The molecule has 0 spiro atoms. The van der Waals surface area contributed by atoms with Crippen molar-refractivity contribution in [3.8, 4) is 0 Å². The number of ether oxygens (including phenoxy) is 1. The highest BCUT2D eigenvalue weighted by atomic mass is 16.5. The van der Waals surface area contributed by atoms with Crippen LogP contribution < -0.4 is 0 Å². The standard InChI is InChI=1S/C9H13N3O2/c1-6-10-7(12(2)11-6)9(4-5-9)8(13)14-3/h4-5H2,1-3H3. The topological polar surface area (TPSA) is 57.0 Å². The summed E-state index contributed by atoms with van der Waals surface area (Å²) >= 11 is 0. The van der Waals surface area contributed by atoms with Gasteiger partial charge in [-0.1, -0.05) is 0 Å². The number of aromatic nitrogens is 3. The monoisotopic (exact) mass is 195 g/mol. The predicted octanol–water partition coefficient (Wildman–Crippen LogP) is 0.328. The average molecular weight is 195 g/mol. The van der Waals surface area contributed by atoms with Crippen LogP contribution in [0.1, 0.15) is 24.5 Å². The third-order valence-electron chi connectivity index (χ3n) is 2.62. The number of esters is 1. The Hall–Kier alpha value is -1.39. The Bertz CT molecular complexity index is 379. The molecule has 0 aromatic carbocycles. The lowest BCUT2D eigenvalue weighted by molar-refractivity contribution is -0.144. The highest BCUT2D eigenvalue weighted by Crippen LogP contribution is 2.48.